The van der Waals surface area contributed by atoms with Crippen molar-refractivity contribution in [1.82, 2.24) is 10.2 Å². The fourth-order valence-corrected chi connectivity index (χ4v) is 2.64. The van der Waals surface area contributed by atoms with Crippen LogP contribution in [-0.2, 0) is 0 Å². The van der Waals surface area contributed by atoms with Gasteiger partial charge in [-0.25, -0.2) is 4.79 Å². The highest BCUT2D eigenvalue weighted by Gasteiger charge is 2.22. The van der Waals surface area contributed by atoms with Crippen molar-refractivity contribution in [3.63, 3.8) is 0 Å². The summed E-state index contributed by atoms with van der Waals surface area (Å²) in [4.78, 5) is 13.7. The lowest BCUT2D eigenvalue weighted by Crippen LogP contribution is -2.48. The number of carbonyl (C=O) groups excluding carboxylic acids is 1. The van der Waals surface area contributed by atoms with Crippen molar-refractivity contribution in [1.29, 1.82) is 0 Å². The summed E-state index contributed by atoms with van der Waals surface area (Å²) in [6, 6.07) is -0.0922. The smallest absolute Gasteiger partial charge is 0.317 e. The highest BCUT2D eigenvalue weighted by molar-refractivity contribution is 5.74. The van der Waals surface area contributed by atoms with Gasteiger partial charge < -0.3 is 20.4 Å². The number of β-amino-alcohol motifs (C(OH)–C–C–N with tert-alkyl or cyclic N) is 1. The van der Waals surface area contributed by atoms with E-state index in [4.69, 9.17) is 5.11 Å². The number of nitrogens with zero attached hydrogens (tertiary/aromatic N) is 1. The minimum Gasteiger partial charge on any atom is -0.396 e. The van der Waals surface area contributed by atoms with Crippen molar-refractivity contribution >= 4 is 6.03 Å². The van der Waals surface area contributed by atoms with E-state index in [1.54, 1.807) is 4.90 Å². The van der Waals surface area contributed by atoms with E-state index < -0.39 is 0 Å². The second-order valence-corrected chi connectivity index (χ2v) is 5.94. The number of nitrogens with one attached hydrogen (secondary N) is 1. The zero-order chi connectivity index (χ0) is 14.3. The second kappa shape index (κ2) is 8.38. The summed E-state index contributed by atoms with van der Waals surface area (Å²) in [6.07, 6.45) is 2.98. The lowest BCUT2D eigenvalue weighted by atomic mass is 9.94. The molecule has 5 nitrogen and oxygen atoms in total. The van der Waals surface area contributed by atoms with Gasteiger partial charge in [0.05, 0.1) is 6.10 Å². The van der Waals surface area contributed by atoms with Gasteiger partial charge in [0, 0.05) is 26.2 Å². The van der Waals surface area contributed by atoms with Crippen LogP contribution in [0.15, 0.2) is 0 Å². The SMILES string of the molecule is CC(C)CC(CCO)CNC(=O)N1CCCC(O)C1. The predicted molar refractivity (Wildman–Crippen MR) is 74.9 cm³/mol. The van der Waals surface area contributed by atoms with Crippen LogP contribution in [0.1, 0.15) is 39.5 Å². The maximum absolute atomic E-state index is 12.0. The lowest BCUT2D eigenvalue weighted by Gasteiger charge is -2.30. The third-order valence-corrected chi connectivity index (χ3v) is 3.57. The van der Waals surface area contributed by atoms with Crippen LogP contribution in [0.4, 0.5) is 4.79 Å². The summed E-state index contributed by atoms with van der Waals surface area (Å²) in [5, 5.41) is 21.5. The van der Waals surface area contributed by atoms with Gasteiger partial charge in [-0.3, -0.25) is 0 Å². The first-order chi connectivity index (χ1) is 9.02. The van der Waals surface area contributed by atoms with Crippen molar-refractivity contribution in [3.05, 3.63) is 0 Å². The Morgan fingerprint density at radius 3 is 2.79 bits per heavy atom. The van der Waals surface area contributed by atoms with Gasteiger partial charge >= 0.3 is 6.03 Å². The molecule has 0 radical (unpaired) electrons. The van der Waals surface area contributed by atoms with Gasteiger partial charge in [0.1, 0.15) is 0 Å². The first-order valence-corrected chi connectivity index (χ1v) is 7.34. The Morgan fingerprint density at radius 2 is 2.21 bits per heavy atom. The number of aliphatic hydroxyl groups is 2. The molecule has 0 aromatic rings. The molecule has 0 saturated carbocycles. The lowest BCUT2D eigenvalue weighted by molar-refractivity contribution is 0.0837. The minimum atomic E-state index is -0.386. The van der Waals surface area contributed by atoms with Crippen molar-refractivity contribution < 1.29 is 15.0 Å². The standard InChI is InChI=1S/C14H28N2O3/c1-11(2)8-12(5-7-17)9-15-14(19)16-6-3-4-13(18)10-16/h11-13,17-18H,3-10H2,1-2H3,(H,15,19). The Hall–Kier alpha value is -0.810. The van der Waals surface area contributed by atoms with E-state index in [0.717, 1.165) is 32.2 Å². The summed E-state index contributed by atoms with van der Waals surface area (Å²) >= 11 is 0. The van der Waals surface area contributed by atoms with Gasteiger partial charge in [-0.1, -0.05) is 13.8 Å². The average Bonchev–Trinajstić information content (AvgIpc) is 2.35. The zero-order valence-corrected chi connectivity index (χ0v) is 12.1. The first-order valence-electron chi connectivity index (χ1n) is 7.34. The normalized spacial score (nSPS) is 21.5. The highest BCUT2D eigenvalue weighted by atomic mass is 16.3. The molecule has 19 heavy (non-hydrogen) atoms. The molecule has 0 spiro atoms. The Balaban J connectivity index is 2.33. The number of carbonyl (C=O) groups is 1. The molecule has 5 heteroatoms. The van der Waals surface area contributed by atoms with Crippen LogP contribution in [0.2, 0.25) is 0 Å². The largest absolute Gasteiger partial charge is 0.396 e. The summed E-state index contributed by atoms with van der Waals surface area (Å²) in [5.41, 5.74) is 0. The van der Waals surface area contributed by atoms with Gasteiger partial charge in [0.15, 0.2) is 0 Å². The Bertz CT molecular complexity index is 271. The second-order valence-electron chi connectivity index (χ2n) is 5.94. The monoisotopic (exact) mass is 272 g/mol. The molecular weight excluding hydrogens is 244 g/mol. The van der Waals surface area contributed by atoms with Crippen molar-refractivity contribution in [2.45, 2.75) is 45.6 Å². The van der Waals surface area contributed by atoms with Crippen LogP contribution in [0.3, 0.4) is 0 Å². The fourth-order valence-electron chi connectivity index (χ4n) is 2.64. The molecule has 1 aliphatic rings. The quantitative estimate of drug-likeness (QED) is 0.680. The van der Waals surface area contributed by atoms with Crippen LogP contribution in [0, 0.1) is 11.8 Å². The maximum atomic E-state index is 12.0. The third-order valence-electron chi connectivity index (χ3n) is 3.57. The Labute approximate surface area is 116 Å². The molecule has 2 unspecified atom stereocenters. The number of hydrogen-bond donors (Lipinski definition) is 3. The van der Waals surface area contributed by atoms with Crippen molar-refractivity contribution in [2.24, 2.45) is 11.8 Å². The van der Waals surface area contributed by atoms with E-state index in [9.17, 15) is 9.90 Å². The van der Waals surface area contributed by atoms with Crippen LogP contribution in [0.25, 0.3) is 0 Å². The molecule has 0 aromatic carbocycles. The molecule has 0 aliphatic carbocycles. The Kier molecular flexibility index (Phi) is 7.16. The Morgan fingerprint density at radius 1 is 1.47 bits per heavy atom. The molecule has 0 aromatic heterocycles. The minimum absolute atomic E-state index is 0.0922. The molecule has 1 heterocycles. The van der Waals surface area contributed by atoms with Crippen LogP contribution >= 0.6 is 0 Å². The van der Waals surface area contributed by atoms with E-state index in [1.165, 1.54) is 0 Å². The van der Waals surface area contributed by atoms with E-state index in [0.29, 0.717) is 24.9 Å². The maximum Gasteiger partial charge on any atom is 0.317 e. The van der Waals surface area contributed by atoms with Crippen LogP contribution in [0.5, 0.6) is 0 Å². The van der Waals surface area contributed by atoms with Gasteiger partial charge in [-0.15, -0.1) is 0 Å². The summed E-state index contributed by atoms with van der Waals surface area (Å²) in [6.45, 7) is 6.21. The van der Waals surface area contributed by atoms with Gasteiger partial charge in [-0.2, -0.15) is 0 Å². The summed E-state index contributed by atoms with van der Waals surface area (Å²) < 4.78 is 0. The van der Waals surface area contributed by atoms with Gasteiger partial charge in [-0.05, 0) is 37.5 Å². The molecule has 112 valence electrons. The highest BCUT2D eigenvalue weighted by Crippen LogP contribution is 2.15. The topological polar surface area (TPSA) is 72.8 Å². The third kappa shape index (κ3) is 6.25. The van der Waals surface area contributed by atoms with Gasteiger partial charge in [0.2, 0.25) is 0 Å². The summed E-state index contributed by atoms with van der Waals surface area (Å²) in [7, 11) is 0. The molecule has 3 N–H and O–H groups in total. The number of aliphatic hydroxyl groups excluding tert-OH is 2. The number of urea groups is 1. The first kappa shape index (κ1) is 16.2. The molecule has 1 aliphatic heterocycles. The van der Waals surface area contributed by atoms with Crippen molar-refractivity contribution in [2.75, 3.05) is 26.2 Å². The molecule has 0 bridgehead atoms. The average molecular weight is 272 g/mol. The van der Waals surface area contributed by atoms with E-state index >= 15 is 0 Å². The number of piperidine rings is 1. The number of amides is 2. The number of likely N-dealkylation sites (tertiary alicyclic amines) is 1. The van der Waals surface area contributed by atoms with Gasteiger partial charge in [0.25, 0.3) is 0 Å². The predicted octanol–water partition coefficient (Wildman–Crippen LogP) is 1.20. The number of hydrogen-bond acceptors (Lipinski definition) is 3. The summed E-state index contributed by atoms with van der Waals surface area (Å²) in [5.74, 6) is 0.883. The number of rotatable bonds is 6. The van der Waals surface area contributed by atoms with Crippen molar-refractivity contribution in [3.8, 4) is 0 Å². The van der Waals surface area contributed by atoms with Crippen LogP contribution < -0.4 is 5.32 Å². The zero-order valence-electron chi connectivity index (χ0n) is 12.1. The molecule has 1 saturated heterocycles. The molecular formula is C14H28N2O3. The molecule has 2 atom stereocenters. The molecule has 1 fully saturated rings. The van der Waals surface area contributed by atoms with E-state index in [1.807, 2.05) is 0 Å². The van der Waals surface area contributed by atoms with E-state index in [-0.39, 0.29) is 18.7 Å². The fraction of sp³-hybridized carbons (Fsp3) is 0.929. The molecule has 2 amide bonds. The van der Waals surface area contributed by atoms with Crippen LogP contribution in [-0.4, -0.2) is 53.5 Å². The molecule has 1 rings (SSSR count). The van der Waals surface area contributed by atoms with E-state index in [2.05, 4.69) is 19.2 Å².